The number of rotatable bonds is 3. The highest BCUT2D eigenvalue weighted by Gasteiger charge is 2.35. The van der Waals surface area contributed by atoms with Crippen LogP contribution < -0.4 is 16.0 Å². The van der Waals surface area contributed by atoms with E-state index in [9.17, 15) is 26.3 Å². The third-order valence-electron chi connectivity index (χ3n) is 1.56. The van der Waals surface area contributed by atoms with E-state index in [4.69, 9.17) is 5.84 Å². The van der Waals surface area contributed by atoms with Crippen molar-refractivity contribution < 1.29 is 31.1 Å². The van der Waals surface area contributed by atoms with Crippen LogP contribution in [0.4, 0.5) is 32.0 Å². The quantitative estimate of drug-likeness (QED) is 0.387. The number of hydrazine groups is 1. The molecule has 0 aliphatic carbocycles. The van der Waals surface area contributed by atoms with Gasteiger partial charge in [0.15, 0.2) is 0 Å². The Kier molecular flexibility index (Phi) is 4.22. The summed E-state index contributed by atoms with van der Waals surface area (Å²) in [6, 6.07) is 2.61. The zero-order valence-corrected chi connectivity index (χ0v) is 9.21. The highest BCUT2D eigenvalue weighted by atomic mass is 32.2. The highest BCUT2D eigenvalue weighted by Crippen LogP contribution is 2.43. The van der Waals surface area contributed by atoms with Crippen molar-refractivity contribution in [1.29, 1.82) is 0 Å². The zero-order valence-electron chi connectivity index (χ0n) is 8.39. The number of alkyl halides is 6. The first-order valence-electron chi connectivity index (χ1n) is 4.23. The summed E-state index contributed by atoms with van der Waals surface area (Å²) >= 11 is -0.723. The number of benzene rings is 1. The van der Waals surface area contributed by atoms with Gasteiger partial charge in [0.25, 0.3) is 0 Å². The van der Waals surface area contributed by atoms with Gasteiger partial charge in [-0.25, -0.2) is 0 Å². The van der Waals surface area contributed by atoms with Crippen molar-refractivity contribution >= 4 is 17.4 Å². The van der Waals surface area contributed by atoms with Crippen LogP contribution in [0.15, 0.2) is 23.1 Å². The summed E-state index contributed by atoms with van der Waals surface area (Å²) in [5, 5.41) is 0. The average Bonchev–Trinajstić information content (AvgIpc) is 2.16. The van der Waals surface area contributed by atoms with E-state index in [0.717, 1.165) is 18.2 Å². The summed E-state index contributed by atoms with van der Waals surface area (Å²) in [5.74, 6) is 4.02. The maximum Gasteiger partial charge on any atom is 0.573 e. The van der Waals surface area contributed by atoms with E-state index in [-0.39, 0.29) is 5.69 Å². The summed E-state index contributed by atoms with van der Waals surface area (Å²) in [6.07, 6.45) is -5.07. The third kappa shape index (κ3) is 4.92. The molecule has 1 rings (SSSR count). The fraction of sp³-hybridized carbons (Fsp3) is 0.250. The van der Waals surface area contributed by atoms with Crippen LogP contribution in [0.25, 0.3) is 0 Å². The van der Waals surface area contributed by atoms with Crippen molar-refractivity contribution in [2.24, 2.45) is 5.84 Å². The van der Waals surface area contributed by atoms with Gasteiger partial charge in [0.05, 0.1) is 4.90 Å². The molecule has 3 nitrogen and oxygen atoms in total. The zero-order chi connectivity index (χ0) is 14.0. The van der Waals surface area contributed by atoms with E-state index in [2.05, 4.69) is 4.74 Å². The molecule has 0 aliphatic rings. The van der Waals surface area contributed by atoms with Crippen molar-refractivity contribution in [3.05, 3.63) is 18.2 Å². The fourth-order valence-corrected chi connectivity index (χ4v) is 1.66. The first-order valence-corrected chi connectivity index (χ1v) is 5.04. The predicted molar refractivity (Wildman–Crippen MR) is 52.8 cm³/mol. The number of hydrogen-bond acceptors (Lipinski definition) is 4. The first kappa shape index (κ1) is 14.8. The minimum absolute atomic E-state index is 0.0243. The van der Waals surface area contributed by atoms with Crippen LogP contribution in [0.2, 0.25) is 0 Å². The second kappa shape index (κ2) is 5.14. The molecule has 0 heterocycles. The number of hydrogen-bond donors (Lipinski definition) is 2. The number of thioether (sulfide) groups is 1. The van der Waals surface area contributed by atoms with Crippen LogP contribution in [-0.2, 0) is 0 Å². The Balaban J connectivity index is 3.08. The lowest BCUT2D eigenvalue weighted by atomic mass is 10.3. The molecule has 0 atom stereocenters. The van der Waals surface area contributed by atoms with Crippen molar-refractivity contribution in [1.82, 2.24) is 0 Å². The predicted octanol–water partition coefficient (Wildman–Crippen LogP) is 3.48. The number of halogens is 6. The van der Waals surface area contributed by atoms with Gasteiger partial charge in [0, 0.05) is 5.69 Å². The summed E-state index contributed by atoms with van der Waals surface area (Å²) in [4.78, 5) is -0.740. The Morgan fingerprint density at radius 1 is 1.11 bits per heavy atom. The molecule has 10 heteroatoms. The van der Waals surface area contributed by atoms with Crippen LogP contribution >= 0.6 is 11.8 Å². The van der Waals surface area contributed by atoms with Crippen molar-refractivity contribution in [2.45, 2.75) is 16.8 Å². The Morgan fingerprint density at radius 3 is 2.17 bits per heavy atom. The molecule has 0 saturated carbocycles. The second-order valence-corrected chi connectivity index (χ2v) is 4.01. The number of ether oxygens (including phenoxy) is 1. The fourth-order valence-electron chi connectivity index (χ4n) is 1.01. The number of nitrogens with one attached hydrogen (secondary N) is 1. The van der Waals surface area contributed by atoms with E-state index in [1.54, 1.807) is 0 Å². The molecule has 0 saturated heterocycles. The van der Waals surface area contributed by atoms with Gasteiger partial charge in [0.2, 0.25) is 0 Å². The Morgan fingerprint density at radius 2 is 1.72 bits per heavy atom. The molecule has 0 radical (unpaired) electrons. The molecule has 1 aromatic rings. The molecule has 0 unspecified atom stereocenters. The molecule has 0 fully saturated rings. The Hall–Kier alpha value is -1.29. The molecule has 18 heavy (non-hydrogen) atoms. The maximum absolute atomic E-state index is 12.2. The van der Waals surface area contributed by atoms with Gasteiger partial charge in [0.1, 0.15) is 5.75 Å². The van der Waals surface area contributed by atoms with Crippen LogP contribution in [0.1, 0.15) is 0 Å². The molecule has 0 aliphatic heterocycles. The van der Waals surface area contributed by atoms with Gasteiger partial charge >= 0.3 is 11.9 Å². The standard InChI is InChI=1S/C8H6F6N2OS/c9-7(10,11)17-5-2-1-4(16-15)3-6(5)18-8(12,13)14/h1-3,16H,15H2. The topological polar surface area (TPSA) is 47.3 Å². The van der Waals surface area contributed by atoms with E-state index in [1.807, 2.05) is 5.43 Å². The lowest BCUT2D eigenvalue weighted by Crippen LogP contribution is -2.18. The highest BCUT2D eigenvalue weighted by molar-refractivity contribution is 8.00. The minimum Gasteiger partial charge on any atom is -0.405 e. The van der Waals surface area contributed by atoms with Gasteiger partial charge in [-0.2, -0.15) is 13.2 Å². The maximum atomic E-state index is 12.2. The first-order chi connectivity index (χ1) is 8.11. The summed E-state index contributed by atoms with van der Waals surface area (Å²) in [5.41, 5.74) is -2.69. The monoisotopic (exact) mass is 292 g/mol. The van der Waals surface area contributed by atoms with Gasteiger partial charge in [-0.05, 0) is 30.0 Å². The van der Waals surface area contributed by atoms with Crippen LogP contribution in [0, 0.1) is 0 Å². The lowest BCUT2D eigenvalue weighted by molar-refractivity contribution is -0.275. The van der Waals surface area contributed by atoms with E-state index in [1.165, 1.54) is 0 Å². The molecular weight excluding hydrogens is 286 g/mol. The average molecular weight is 292 g/mol. The second-order valence-electron chi connectivity index (χ2n) is 2.90. The van der Waals surface area contributed by atoms with Crippen molar-refractivity contribution in [2.75, 3.05) is 5.43 Å². The van der Waals surface area contributed by atoms with Crippen LogP contribution in [0.5, 0.6) is 5.75 Å². The molecular formula is C8H6F6N2OS. The van der Waals surface area contributed by atoms with Gasteiger partial charge in [-0.1, -0.05) is 0 Å². The number of nitrogen functional groups attached to an aromatic ring is 1. The number of nitrogens with two attached hydrogens (primary N) is 1. The van der Waals surface area contributed by atoms with Crippen molar-refractivity contribution in [3.63, 3.8) is 0 Å². The molecule has 0 bridgehead atoms. The largest absolute Gasteiger partial charge is 0.573 e. The lowest BCUT2D eigenvalue weighted by Gasteiger charge is -2.15. The third-order valence-corrected chi connectivity index (χ3v) is 2.33. The smallest absolute Gasteiger partial charge is 0.405 e. The Bertz CT molecular complexity index is 419. The van der Waals surface area contributed by atoms with Gasteiger partial charge in [-0.3, -0.25) is 5.84 Å². The Labute approximate surface area is 101 Å². The van der Waals surface area contributed by atoms with Gasteiger partial charge in [-0.15, -0.1) is 13.2 Å². The SMILES string of the molecule is NNc1ccc(OC(F)(F)F)c(SC(F)(F)F)c1. The van der Waals surface area contributed by atoms with Gasteiger partial charge < -0.3 is 10.2 Å². The van der Waals surface area contributed by atoms with Crippen molar-refractivity contribution in [3.8, 4) is 5.75 Å². The van der Waals surface area contributed by atoms with E-state index < -0.39 is 34.3 Å². The molecule has 0 amide bonds. The summed E-state index contributed by atoms with van der Waals surface area (Å²) < 4.78 is 75.9. The summed E-state index contributed by atoms with van der Waals surface area (Å²) in [7, 11) is 0. The number of anilines is 1. The molecule has 0 spiro atoms. The van der Waals surface area contributed by atoms with Crippen LogP contribution in [0.3, 0.4) is 0 Å². The summed E-state index contributed by atoms with van der Waals surface area (Å²) in [6.45, 7) is 0. The van der Waals surface area contributed by atoms with Crippen LogP contribution in [-0.4, -0.2) is 11.9 Å². The minimum atomic E-state index is -5.07. The normalized spacial score (nSPS) is 12.4. The van der Waals surface area contributed by atoms with E-state index in [0.29, 0.717) is 0 Å². The molecule has 0 aromatic heterocycles. The van der Waals surface area contributed by atoms with E-state index >= 15 is 0 Å². The molecule has 1 aromatic carbocycles. The molecule has 3 N–H and O–H groups in total. The molecule has 102 valence electrons.